The molecule has 0 spiro atoms. The van der Waals surface area contributed by atoms with Crippen molar-refractivity contribution in [2.75, 3.05) is 6.61 Å². The number of hydrogen-bond donors (Lipinski definition) is 2. The molecule has 2 N–H and O–H groups in total. The number of aryl methyl sites for hydroxylation is 1. The molecule has 2 heterocycles. The molecule has 3 aromatic rings. The van der Waals surface area contributed by atoms with Crippen LogP contribution >= 0.6 is 0 Å². The number of aliphatic hydroxyl groups is 1. The molecular weight excluding hydrogens is 278 g/mol. The summed E-state index contributed by atoms with van der Waals surface area (Å²) in [7, 11) is 0. The van der Waals surface area contributed by atoms with E-state index in [1.165, 1.54) is 5.56 Å². The summed E-state index contributed by atoms with van der Waals surface area (Å²) in [5.41, 5.74) is 2.12. The summed E-state index contributed by atoms with van der Waals surface area (Å²) in [6.45, 7) is 4.14. The maximum absolute atomic E-state index is 9.61. The molecule has 0 aliphatic heterocycles. The summed E-state index contributed by atoms with van der Waals surface area (Å²) in [5.74, 6) is 1.65. The summed E-state index contributed by atoms with van der Waals surface area (Å²) in [4.78, 5) is 0. The van der Waals surface area contributed by atoms with Crippen LogP contribution in [0.15, 0.2) is 51.5 Å². The van der Waals surface area contributed by atoms with Crippen LogP contribution in [0.1, 0.15) is 43.0 Å². The smallest absolute Gasteiger partial charge is 0.134 e. The standard InChI is InChI=1S/C18H21NO3/c1-3-13-14-7-4-5-8-16(14)22-18(13)12(2)19-15(11-20)17-9-6-10-21-17/h4-10,12,15,19-20H,3,11H2,1-2H3. The van der Waals surface area contributed by atoms with Gasteiger partial charge in [-0.1, -0.05) is 25.1 Å². The van der Waals surface area contributed by atoms with Gasteiger partial charge in [0.05, 0.1) is 25.0 Å². The summed E-state index contributed by atoms with van der Waals surface area (Å²) in [6, 6.07) is 11.5. The van der Waals surface area contributed by atoms with E-state index < -0.39 is 0 Å². The molecule has 2 aromatic heterocycles. The molecule has 0 aliphatic carbocycles. The molecule has 0 saturated heterocycles. The van der Waals surface area contributed by atoms with Crippen molar-refractivity contribution in [3.8, 4) is 0 Å². The molecule has 0 fully saturated rings. The maximum Gasteiger partial charge on any atom is 0.134 e. The number of benzene rings is 1. The van der Waals surface area contributed by atoms with Crippen LogP contribution in [0.5, 0.6) is 0 Å². The first-order valence-electron chi connectivity index (χ1n) is 7.65. The lowest BCUT2D eigenvalue weighted by Crippen LogP contribution is -2.27. The summed E-state index contributed by atoms with van der Waals surface area (Å²) in [6.07, 6.45) is 2.52. The number of furan rings is 2. The lowest BCUT2D eigenvalue weighted by molar-refractivity contribution is 0.213. The molecule has 0 amide bonds. The van der Waals surface area contributed by atoms with Gasteiger partial charge in [0.1, 0.15) is 17.1 Å². The second kappa shape index (κ2) is 6.38. The third-order valence-electron chi connectivity index (χ3n) is 4.00. The summed E-state index contributed by atoms with van der Waals surface area (Å²) in [5, 5.41) is 14.1. The quantitative estimate of drug-likeness (QED) is 0.723. The fourth-order valence-corrected chi connectivity index (χ4v) is 2.92. The highest BCUT2D eigenvalue weighted by Crippen LogP contribution is 2.31. The van der Waals surface area contributed by atoms with Gasteiger partial charge in [0.2, 0.25) is 0 Å². The highest BCUT2D eigenvalue weighted by molar-refractivity contribution is 5.82. The van der Waals surface area contributed by atoms with E-state index in [1.54, 1.807) is 6.26 Å². The Labute approximate surface area is 129 Å². The average molecular weight is 299 g/mol. The number of para-hydroxylation sites is 1. The van der Waals surface area contributed by atoms with Gasteiger partial charge in [0, 0.05) is 10.9 Å². The van der Waals surface area contributed by atoms with Crippen molar-refractivity contribution < 1.29 is 13.9 Å². The minimum absolute atomic E-state index is 0.0235. The fourth-order valence-electron chi connectivity index (χ4n) is 2.92. The number of aliphatic hydroxyl groups excluding tert-OH is 1. The summed E-state index contributed by atoms with van der Waals surface area (Å²) >= 11 is 0. The lowest BCUT2D eigenvalue weighted by atomic mass is 10.0. The molecule has 116 valence electrons. The van der Waals surface area contributed by atoms with Crippen LogP contribution in [0.25, 0.3) is 11.0 Å². The Balaban J connectivity index is 1.90. The van der Waals surface area contributed by atoms with E-state index in [9.17, 15) is 5.11 Å². The predicted molar refractivity (Wildman–Crippen MR) is 85.7 cm³/mol. The van der Waals surface area contributed by atoms with Crippen LogP contribution in [-0.4, -0.2) is 11.7 Å². The minimum atomic E-state index is -0.247. The Morgan fingerprint density at radius 2 is 2.00 bits per heavy atom. The molecule has 4 heteroatoms. The van der Waals surface area contributed by atoms with Crippen molar-refractivity contribution in [3.05, 3.63) is 59.7 Å². The van der Waals surface area contributed by atoms with Crippen molar-refractivity contribution in [2.24, 2.45) is 0 Å². The van der Waals surface area contributed by atoms with Crippen LogP contribution < -0.4 is 5.32 Å². The first-order chi connectivity index (χ1) is 10.7. The van der Waals surface area contributed by atoms with Gasteiger partial charge in [-0.2, -0.15) is 0 Å². The zero-order chi connectivity index (χ0) is 15.5. The predicted octanol–water partition coefficient (Wildman–Crippen LogP) is 3.97. The first kappa shape index (κ1) is 14.9. The van der Waals surface area contributed by atoms with Gasteiger partial charge in [-0.05, 0) is 31.5 Å². The van der Waals surface area contributed by atoms with Crippen molar-refractivity contribution >= 4 is 11.0 Å². The minimum Gasteiger partial charge on any atom is -0.468 e. The van der Waals surface area contributed by atoms with Crippen LogP contribution in [0.2, 0.25) is 0 Å². The summed E-state index contributed by atoms with van der Waals surface area (Å²) < 4.78 is 11.4. The molecule has 4 nitrogen and oxygen atoms in total. The molecule has 2 atom stereocenters. The molecule has 3 rings (SSSR count). The Bertz CT molecular complexity index is 730. The Morgan fingerprint density at radius 3 is 2.68 bits per heavy atom. The van der Waals surface area contributed by atoms with Crippen molar-refractivity contribution in [1.82, 2.24) is 5.32 Å². The zero-order valence-electron chi connectivity index (χ0n) is 12.9. The zero-order valence-corrected chi connectivity index (χ0v) is 12.9. The lowest BCUT2D eigenvalue weighted by Gasteiger charge is -2.19. The van der Waals surface area contributed by atoms with Gasteiger partial charge in [-0.3, -0.25) is 5.32 Å². The Hall–Kier alpha value is -2.04. The van der Waals surface area contributed by atoms with Crippen LogP contribution in [0, 0.1) is 0 Å². The fraction of sp³-hybridized carbons (Fsp3) is 0.333. The van der Waals surface area contributed by atoms with Crippen molar-refractivity contribution in [2.45, 2.75) is 32.4 Å². The third kappa shape index (κ3) is 2.67. The maximum atomic E-state index is 9.61. The highest BCUT2D eigenvalue weighted by atomic mass is 16.3. The van der Waals surface area contributed by atoms with Gasteiger partial charge < -0.3 is 13.9 Å². The molecular formula is C18H21NO3. The average Bonchev–Trinajstić information content (AvgIpc) is 3.19. The Morgan fingerprint density at radius 1 is 1.18 bits per heavy atom. The monoisotopic (exact) mass is 299 g/mol. The van der Waals surface area contributed by atoms with E-state index in [4.69, 9.17) is 8.83 Å². The van der Waals surface area contributed by atoms with Crippen molar-refractivity contribution in [3.63, 3.8) is 0 Å². The number of hydrogen-bond acceptors (Lipinski definition) is 4. The topological polar surface area (TPSA) is 58.5 Å². The largest absolute Gasteiger partial charge is 0.468 e. The molecule has 0 bridgehead atoms. The SMILES string of the molecule is CCc1c(C(C)NC(CO)c2ccco2)oc2ccccc12. The van der Waals surface area contributed by atoms with Gasteiger partial charge in [0.15, 0.2) is 0 Å². The third-order valence-corrected chi connectivity index (χ3v) is 4.00. The van der Waals surface area contributed by atoms with Crippen LogP contribution in [-0.2, 0) is 6.42 Å². The molecule has 1 aromatic carbocycles. The van der Waals surface area contributed by atoms with E-state index in [1.807, 2.05) is 37.3 Å². The van der Waals surface area contributed by atoms with Crippen LogP contribution in [0.4, 0.5) is 0 Å². The van der Waals surface area contributed by atoms with Crippen molar-refractivity contribution in [1.29, 1.82) is 0 Å². The van der Waals surface area contributed by atoms with Gasteiger partial charge in [0.25, 0.3) is 0 Å². The van der Waals surface area contributed by atoms with E-state index in [0.717, 1.165) is 28.9 Å². The van der Waals surface area contributed by atoms with Gasteiger partial charge in [-0.25, -0.2) is 0 Å². The van der Waals surface area contributed by atoms with Gasteiger partial charge in [-0.15, -0.1) is 0 Å². The molecule has 0 saturated carbocycles. The number of rotatable bonds is 6. The Kier molecular flexibility index (Phi) is 4.32. The second-order valence-electron chi connectivity index (χ2n) is 5.43. The molecule has 22 heavy (non-hydrogen) atoms. The van der Waals surface area contributed by atoms with E-state index in [0.29, 0.717) is 0 Å². The first-order valence-corrected chi connectivity index (χ1v) is 7.65. The highest BCUT2D eigenvalue weighted by Gasteiger charge is 2.22. The van der Waals surface area contributed by atoms with E-state index in [2.05, 4.69) is 18.3 Å². The van der Waals surface area contributed by atoms with E-state index >= 15 is 0 Å². The van der Waals surface area contributed by atoms with Gasteiger partial charge >= 0.3 is 0 Å². The normalized spacial score (nSPS) is 14.3. The number of fused-ring (bicyclic) bond motifs is 1. The number of nitrogens with one attached hydrogen (secondary N) is 1. The van der Waals surface area contributed by atoms with Crippen LogP contribution in [0.3, 0.4) is 0 Å². The molecule has 0 radical (unpaired) electrons. The van der Waals surface area contributed by atoms with E-state index in [-0.39, 0.29) is 18.7 Å². The molecule has 2 unspecified atom stereocenters. The molecule has 0 aliphatic rings. The second-order valence-corrected chi connectivity index (χ2v) is 5.43.